The molecule has 1 N–H and O–H groups in total. The number of fused-ring (bicyclic) bond motifs is 2. The van der Waals surface area contributed by atoms with E-state index in [9.17, 15) is 9.59 Å². The van der Waals surface area contributed by atoms with Crippen LogP contribution in [-0.2, 0) is 12.8 Å². The van der Waals surface area contributed by atoms with Gasteiger partial charge in [-0.25, -0.2) is 14.8 Å². The zero-order valence-corrected chi connectivity index (χ0v) is 22.5. The van der Waals surface area contributed by atoms with Gasteiger partial charge in [-0.15, -0.1) is 0 Å². The molecule has 1 fully saturated rings. The molecule has 3 aromatic rings. The predicted octanol–water partition coefficient (Wildman–Crippen LogP) is 4.30. The summed E-state index contributed by atoms with van der Waals surface area (Å²) in [7, 11) is 1.65. The van der Waals surface area contributed by atoms with Gasteiger partial charge in [0.1, 0.15) is 23.6 Å². The van der Waals surface area contributed by atoms with E-state index in [1.807, 2.05) is 40.1 Å². The maximum absolute atomic E-state index is 13.5. The number of urea groups is 1. The zero-order chi connectivity index (χ0) is 26.9. The van der Waals surface area contributed by atoms with Gasteiger partial charge >= 0.3 is 6.03 Å². The van der Waals surface area contributed by atoms with Crippen LogP contribution >= 0.6 is 0 Å². The summed E-state index contributed by atoms with van der Waals surface area (Å²) in [6.07, 6.45) is 4.79. The summed E-state index contributed by atoms with van der Waals surface area (Å²) in [6, 6.07) is 16.0. The number of nitrogens with one attached hydrogen (secondary N) is 1. The van der Waals surface area contributed by atoms with E-state index in [-0.39, 0.29) is 24.0 Å². The smallest absolute Gasteiger partial charge is 0.322 e. The fourth-order valence-electron chi connectivity index (χ4n) is 6.14. The summed E-state index contributed by atoms with van der Waals surface area (Å²) in [5.41, 5.74) is 4.88. The first-order valence-corrected chi connectivity index (χ1v) is 13.7. The van der Waals surface area contributed by atoms with Gasteiger partial charge in [0.05, 0.1) is 13.2 Å². The van der Waals surface area contributed by atoms with Crippen molar-refractivity contribution in [1.82, 2.24) is 19.8 Å². The van der Waals surface area contributed by atoms with Gasteiger partial charge in [-0.2, -0.15) is 0 Å². The van der Waals surface area contributed by atoms with Crippen molar-refractivity contribution in [1.29, 1.82) is 0 Å². The van der Waals surface area contributed by atoms with Crippen molar-refractivity contribution >= 4 is 23.4 Å². The van der Waals surface area contributed by atoms with Crippen LogP contribution in [0.3, 0.4) is 0 Å². The van der Waals surface area contributed by atoms with E-state index in [4.69, 9.17) is 4.74 Å². The van der Waals surface area contributed by atoms with E-state index in [0.29, 0.717) is 18.8 Å². The highest BCUT2D eigenvalue weighted by molar-refractivity contribution is 5.93. The van der Waals surface area contributed by atoms with E-state index < -0.39 is 0 Å². The molecule has 1 aromatic heterocycles. The molecule has 4 heterocycles. The number of benzene rings is 2. The molecular weight excluding hydrogens is 492 g/mol. The number of amides is 3. The van der Waals surface area contributed by atoms with Crippen molar-refractivity contribution in [3.63, 3.8) is 0 Å². The second-order valence-electron chi connectivity index (χ2n) is 10.5. The van der Waals surface area contributed by atoms with Crippen LogP contribution in [0.4, 0.5) is 16.3 Å². The van der Waals surface area contributed by atoms with Crippen LogP contribution in [0.15, 0.2) is 54.9 Å². The molecule has 0 radical (unpaired) electrons. The molecule has 0 spiro atoms. The first-order chi connectivity index (χ1) is 19.0. The number of anilines is 2. The lowest BCUT2D eigenvalue weighted by Crippen LogP contribution is -2.49. The minimum atomic E-state index is -0.0621. The monoisotopic (exact) mass is 526 g/mol. The number of ether oxygens (including phenoxy) is 1. The zero-order valence-electron chi connectivity index (χ0n) is 22.5. The third-order valence-corrected chi connectivity index (χ3v) is 8.39. The number of hydrogen-bond donors (Lipinski definition) is 1. The summed E-state index contributed by atoms with van der Waals surface area (Å²) in [5.74, 6) is 1.50. The van der Waals surface area contributed by atoms with Crippen LogP contribution in [0.25, 0.3) is 0 Å². The number of carbonyl (C=O) groups excluding carboxylic acids is 2. The molecule has 202 valence electrons. The Morgan fingerprint density at radius 1 is 0.974 bits per heavy atom. The minimum absolute atomic E-state index is 0.00334. The Bertz CT molecular complexity index is 1390. The molecule has 1 unspecified atom stereocenters. The summed E-state index contributed by atoms with van der Waals surface area (Å²) < 4.78 is 5.36. The molecule has 3 aliphatic heterocycles. The Hall–Kier alpha value is -4.14. The molecule has 0 aliphatic carbocycles. The largest absolute Gasteiger partial charge is 0.497 e. The second kappa shape index (κ2) is 10.6. The molecule has 3 amide bonds. The topological polar surface area (TPSA) is 90.9 Å². The summed E-state index contributed by atoms with van der Waals surface area (Å²) in [5, 5.41) is 3.08. The molecule has 9 nitrogen and oxygen atoms in total. The first kappa shape index (κ1) is 25.2. The van der Waals surface area contributed by atoms with Crippen LogP contribution in [0.1, 0.15) is 53.0 Å². The quantitative estimate of drug-likeness (QED) is 0.545. The third-order valence-electron chi connectivity index (χ3n) is 8.39. The SMILES string of the molecule is COc1ccc2c(c1)CCN(C1CCN(c3cc(C(=O)N4CCc5ccccc5C4C)ncn3)CC1)C(=O)N2. The Labute approximate surface area is 228 Å². The molecule has 9 heteroatoms. The van der Waals surface area contributed by atoms with Gasteiger partial charge in [-0.05, 0) is 67.5 Å². The van der Waals surface area contributed by atoms with Crippen molar-refractivity contribution in [2.75, 3.05) is 43.5 Å². The maximum Gasteiger partial charge on any atom is 0.322 e. The Morgan fingerprint density at radius 2 is 1.77 bits per heavy atom. The average Bonchev–Trinajstić information content (AvgIpc) is 3.15. The van der Waals surface area contributed by atoms with Crippen molar-refractivity contribution in [2.24, 2.45) is 0 Å². The number of methoxy groups -OCH3 is 1. The Morgan fingerprint density at radius 3 is 2.59 bits per heavy atom. The lowest BCUT2D eigenvalue weighted by atomic mass is 9.93. The first-order valence-electron chi connectivity index (χ1n) is 13.7. The standard InChI is InChI=1S/C30H34N6O3/c1-20-25-6-4-3-5-21(25)9-15-35(20)29(37)27-18-28(32-19-31-27)34-13-11-23(12-14-34)36-16-10-22-17-24(39-2)7-8-26(22)33-30(36)38/h3-8,17-20,23H,9-16H2,1-2H3,(H,33,38). The summed E-state index contributed by atoms with van der Waals surface area (Å²) >= 11 is 0. The highest BCUT2D eigenvalue weighted by Gasteiger charge is 2.32. The van der Waals surface area contributed by atoms with Crippen LogP contribution in [0, 0.1) is 0 Å². The number of piperidine rings is 1. The van der Waals surface area contributed by atoms with E-state index >= 15 is 0 Å². The maximum atomic E-state index is 13.5. The van der Waals surface area contributed by atoms with E-state index in [0.717, 1.165) is 61.6 Å². The third kappa shape index (κ3) is 4.89. The fraction of sp³-hybridized carbons (Fsp3) is 0.400. The highest BCUT2D eigenvalue weighted by Crippen LogP contribution is 2.31. The average molecular weight is 527 g/mol. The normalized spacial score (nSPS) is 19.6. The number of hydrogen-bond acceptors (Lipinski definition) is 6. The molecule has 2 aromatic carbocycles. The van der Waals surface area contributed by atoms with Crippen molar-refractivity contribution in [3.05, 3.63) is 77.2 Å². The molecule has 0 bridgehead atoms. The van der Waals surface area contributed by atoms with Crippen LogP contribution in [0.5, 0.6) is 5.75 Å². The van der Waals surface area contributed by atoms with Gasteiger partial charge in [0.25, 0.3) is 5.91 Å². The summed E-state index contributed by atoms with van der Waals surface area (Å²) in [6.45, 7) is 4.94. The van der Waals surface area contributed by atoms with Gasteiger partial charge in [-0.1, -0.05) is 24.3 Å². The van der Waals surface area contributed by atoms with Gasteiger partial charge < -0.3 is 24.8 Å². The van der Waals surface area contributed by atoms with E-state index in [1.54, 1.807) is 7.11 Å². The number of aromatic nitrogens is 2. The van der Waals surface area contributed by atoms with Gasteiger partial charge in [-0.3, -0.25) is 4.79 Å². The molecule has 6 rings (SSSR count). The van der Waals surface area contributed by atoms with Gasteiger partial charge in [0.15, 0.2) is 0 Å². The molecule has 1 saturated heterocycles. The van der Waals surface area contributed by atoms with Crippen molar-refractivity contribution < 1.29 is 14.3 Å². The number of nitrogens with zero attached hydrogens (tertiary/aromatic N) is 5. The Balaban J connectivity index is 1.10. The van der Waals surface area contributed by atoms with Crippen molar-refractivity contribution in [3.8, 4) is 5.75 Å². The van der Waals surface area contributed by atoms with Crippen LogP contribution in [0.2, 0.25) is 0 Å². The molecule has 39 heavy (non-hydrogen) atoms. The molecular formula is C30H34N6O3. The molecule has 3 aliphatic rings. The number of rotatable bonds is 4. The lowest BCUT2D eigenvalue weighted by Gasteiger charge is -2.38. The van der Waals surface area contributed by atoms with Crippen LogP contribution < -0.4 is 15.0 Å². The highest BCUT2D eigenvalue weighted by atomic mass is 16.5. The van der Waals surface area contributed by atoms with Gasteiger partial charge in [0, 0.05) is 44.0 Å². The molecule has 0 saturated carbocycles. The second-order valence-corrected chi connectivity index (χ2v) is 10.5. The predicted molar refractivity (Wildman–Crippen MR) is 149 cm³/mol. The van der Waals surface area contributed by atoms with E-state index in [2.05, 4.69) is 45.3 Å². The fourth-order valence-corrected chi connectivity index (χ4v) is 6.14. The lowest BCUT2D eigenvalue weighted by molar-refractivity contribution is 0.0671. The van der Waals surface area contributed by atoms with Gasteiger partial charge in [0.2, 0.25) is 0 Å². The van der Waals surface area contributed by atoms with E-state index in [1.165, 1.54) is 17.5 Å². The summed E-state index contributed by atoms with van der Waals surface area (Å²) in [4.78, 5) is 41.4. The minimum Gasteiger partial charge on any atom is -0.497 e. The Kier molecular flexibility index (Phi) is 6.81. The van der Waals surface area contributed by atoms with Crippen molar-refractivity contribution in [2.45, 2.75) is 44.7 Å². The van der Waals surface area contributed by atoms with Crippen LogP contribution in [-0.4, -0.2) is 71.0 Å². The number of carbonyl (C=O) groups is 2. The molecule has 1 atom stereocenters.